The van der Waals surface area contributed by atoms with Gasteiger partial charge in [0.15, 0.2) is 0 Å². The van der Waals surface area contributed by atoms with Gasteiger partial charge in [0.2, 0.25) is 0 Å². The second-order valence-corrected chi connectivity index (χ2v) is 4.52. The van der Waals surface area contributed by atoms with Crippen molar-refractivity contribution in [2.45, 2.75) is 13.5 Å². The summed E-state index contributed by atoms with van der Waals surface area (Å²) in [4.78, 5) is 8.97. The molecule has 0 radical (unpaired) electrons. The highest BCUT2D eigenvalue weighted by Gasteiger charge is 2.08. The summed E-state index contributed by atoms with van der Waals surface area (Å²) in [6.07, 6.45) is 3.81. The molecule has 0 saturated heterocycles. The number of nitrogens with zero attached hydrogens (tertiary/aromatic N) is 3. The summed E-state index contributed by atoms with van der Waals surface area (Å²) in [5.74, 6) is 0.978. The maximum atomic E-state index is 4.67. The third-order valence-electron chi connectivity index (χ3n) is 3.19. The van der Waals surface area contributed by atoms with Gasteiger partial charge in [-0.1, -0.05) is 18.2 Å². The molecule has 2 aromatic heterocycles. The predicted octanol–water partition coefficient (Wildman–Crippen LogP) is 2.45. The van der Waals surface area contributed by atoms with E-state index in [2.05, 4.69) is 32.0 Å². The number of hydrogen-bond donors (Lipinski definition) is 1. The number of benzene rings is 1. The maximum Gasteiger partial charge on any atom is 0.110 e. The third kappa shape index (κ3) is 2.11. The van der Waals surface area contributed by atoms with Crippen LogP contribution in [0.5, 0.6) is 0 Å². The molecule has 0 bridgehead atoms. The molecule has 1 N–H and O–H groups in total. The lowest BCUT2D eigenvalue weighted by atomic mass is 10.1. The Labute approximate surface area is 112 Å². The zero-order valence-corrected chi connectivity index (χ0v) is 11.1. The number of imidazole rings is 1. The molecule has 19 heavy (non-hydrogen) atoms. The van der Waals surface area contributed by atoms with Crippen LogP contribution in [0.25, 0.3) is 16.6 Å². The van der Waals surface area contributed by atoms with Gasteiger partial charge in [-0.15, -0.1) is 0 Å². The quantitative estimate of drug-likeness (QED) is 0.778. The molecular weight excluding hydrogens is 236 g/mol. The van der Waals surface area contributed by atoms with Crippen LogP contribution in [0.3, 0.4) is 0 Å². The first-order valence-corrected chi connectivity index (χ1v) is 6.33. The first-order valence-electron chi connectivity index (χ1n) is 6.33. The lowest BCUT2D eigenvalue weighted by Gasteiger charge is -2.11. The number of aromatic nitrogens is 3. The summed E-state index contributed by atoms with van der Waals surface area (Å²) in [5, 5.41) is 4.29. The summed E-state index contributed by atoms with van der Waals surface area (Å²) < 4.78 is 2.10. The van der Waals surface area contributed by atoms with Gasteiger partial charge in [-0.2, -0.15) is 0 Å². The van der Waals surface area contributed by atoms with Gasteiger partial charge >= 0.3 is 0 Å². The van der Waals surface area contributed by atoms with Crippen LogP contribution in [0.2, 0.25) is 0 Å². The second-order valence-electron chi connectivity index (χ2n) is 4.52. The van der Waals surface area contributed by atoms with Gasteiger partial charge in [-0.05, 0) is 26.1 Å². The lowest BCUT2D eigenvalue weighted by molar-refractivity contribution is 0.793. The Hall–Kier alpha value is -2.20. The molecule has 3 aromatic rings. The van der Waals surface area contributed by atoms with E-state index in [0.29, 0.717) is 0 Å². The first-order chi connectivity index (χ1) is 9.29. The highest BCUT2D eigenvalue weighted by molar-refractivity contribution is 5.87. The number of rotatable bonds is 3. The van der Waals surface area contributed by atoms with E-state index < -0.39 is 0 Å². The fourth-order valence-corrected chi connectivity index (χ4v) is 2.31. The molecule has 0 aliphatic carbocycles. The number of aryl methyl sites for hydroxylation is 1. The van der Waals surface area contributed by atoms with Gasteiger partial charge in [0.05, 0.1) is 16.9 Å². The second kappa shape index (κ2) is 4.82. The molecule has 0 amide bonds. The minimum atomic E-state index is 0.756. The Balaban J connectivity index is 2.29. The normalized spacial score (nSPS) is 11.1. The van der Waals surface area contributed by atoms with Crippen molar-refractivity contribution in [2.75, 3.05) is 7.05 Å². The lowest BCUT2D eigenvalue weighted by Crippen LogP contribution is -2.08. The van der Waals surface area contributed by atoms with Crippen LogP contribution in [-0.2, 0) is 6.54 Å². The van der Waals surface area contributed by atoms with Crippen LogP contribution >= 0.6 is 0 Å². The van der Waals surface area contributed by atoms with Crippen molar-refractivity contribution in [3.63, 3.8) is 0 Å². The summed E-state index contributed by atoms with van der Waals surface area (Å²) in [7, 11) is 1.93. The third-order valence-corrected chi connectivity index (χ3v) is 3.19. The molecule has 0 spiro atoms. The standard InChI is InChI=1S/C15H16N4/c1-11-17-7-8-19(11)15-9-12(10-16-2)18-14-6-4-3-5-13(14)15/h3-9,16H,10H2,1-2H3. The van der Waals surface area contributed by atoms with E-state index in [9.17, 15) is 0 Å². The Kier molecular flexibility index (Phi) is 3.01. The number of hydrogen-bond acceptors (Lipinski definition) is 3. The van der Waals surface area contributed by atoms with Crippen molar-refractivity contribution >= 4 is 10.9 Å². The van der Waals surface area contributed by atoms with Crippen molar-refractivity contribution < 1.29 is 0 Å². The minimum Gasteiger partial charge on any atom is -0.314 e. The van der Waals surface area contributed by atoms with E-state index in [-0.39, 0.29) is 0 Å². The molecule has 0 unspecified atom stereocenters. The monoisotopic (exact) mass is 252 g/mol. The Morgan fingerprint density at radius 2 is 2.11 bits per heavy atom. The molecule has 2 heterocycles. The number of pyridine rings is 1. The zero-order valence-electron chi connectivity index (χ0n) is 11.1. The largest absolute Gasteiger partial charge is 0.314 e. The van der Waals surface area contributed by atoms with E-state index in [0.717, 1.165) is 34.7 Å². The van der Waals surface area contributed by atoms with Gasteiger partial charge in [0.1, 0.15) is 5.82 Å². The smallest absolute Gasteiger partial charge is 0.110 e. The maximum absolute atomic E-state index is 4.67. The van der Waals surface area contributed by atoms with Crippen LogP contribution in [0, 0.1) is 6.92 Å². The molecule has 0 aliphatic heterocycles. The first kappa shape index (κ1) is 11.9. The molecule has 4 nitrogen and oxygen atoms in total. The topological polar surface area (TPSA) is 42.7 Å². The Bertz CT molecular complexity index is 715. The van der Waals surface area contributed by atoms with Crippen molar-refractivity contribution in [1.29, 1.82) is 0 Å². The van der Waals surface area contributed by atoms with Crippen LogP contribution in [-0.4, -0.2) is 21.6 Å². The van der Waals surface area contributed by atoms with Gasteiger partial charge in [0, 0.05) is 24.3 Å². The van der Waals surface area contributed by atoms with E-state index >= 15 is 0 Å². The van der Waals surface area contributed by atoms with E-state index in [1.165, 1.54) is 0 Å². The highest BCUT2D eigenvalue weighted by Crippen LogP contribution is 2.23. The van der Waals surface area contributed by atoms with Gasteiger partial charge < -0.3 is 9.88 Å². The van der Waals surface area contributed by atoms with Crippen LogP contribution in [0.15, 0.2) is 42.7 Å². The summed E-state index contributed by atoms with van der Waals surface area (Å²) in [5.41, 5.74) is 3.17. The molecule has 1 aromatic carbocycles. The number of fused-ring (bicyclic) bond motifs is 1. The molecule has 4 heteroatoms. The fourth-order valence-electron chi connectivity index (χ4n) is 2.31. The summed E-state index contributed by atoms with van der Waals surface area (Å²) >= 11 is 0. The van der Waals surface area contributed by atoms with Crippen LogP contribution in [0.4, 0.5) is 0 Å². The highest BCUT2D eigenvalue weighted by atomic mass is 15.1. The predicted molar refractivity (Wildman–Crippen MR) is 76.4 cm³/mol. The average molecular weight is 252 g/mol. The molecule has 0 aliphatic rings. The molecular formula is C15H16N4. The Morgan fingerprint density at radius 1 is 1.26 bits per heavy atom. The van der Waals surface area contributed by atoms with Crippen molar-refractivity contribution in [1.82, 2.24) is 19.9 Å². The summed E-state index contributed by atoms with van der Waals surface area (Å²) in [6, 6.07) is 10.3. The summed E-state index contributed by atoms with van der Waals surface area (Å²) in [6.45, 7) is 2.76. The van der Waals surface area contributed by atoms with Crippen molar-refractivity contribution in [2.24, 2.45) is 0 Å². The number of para-hydroxylation sites is 1. The van der Waals surface area contributed by atoms with Gasteiger partial charge in [-0.3, -0.25) is 4.98 Å². The van der Waals surface area contributed by atoms with Gasteiger partial charge in [0.25, 0.3) is 0 Å². The van der Waals surface area contributed by atoms with E-state index in [1.807, 2.05) is 44.6 Å². The zero-order chi connectivity index (χ0) is 13.2. The molecule has 0 fully saturated rings. The molecule has 0 saturated carbocycles. The minimum absolute atomic E-state index is 0.756. The van der Waals surface area contributed by atoms with Crippen LogP contribution < -0.4 is 5.32 Å². The van der Waals surface area contributed by atoms with E-state index in [1.54, 1.807) is 0 Å². The van der Waals surface area contributed by atoms with E-state index in [4.69, 9.17) is 0 Å². The number of nitrogens with one attached hydrogen (secondary N) is 1. The molecule has 3 rings (SSSR count). The van der Waals surface area contributed by atoms with Gasteiger partial charge in [-0.25, -0.2) is 4.98 Å². The van der Waals surface area contributed by atoms with Crippen molar-refractivity contribution in [3.8, 4) is 5.69 Å². The average Bonchev–Trinajstić information content (AvgIpc) is 2.84. The SMILES string of the molecule is CNCc1cc(-n2ccnc2C)c2ccccc2n1. The van der Waals surface area contributed by atoms with Crippen LogP contribution in [0.1, 0.15) is 11.5 Å². The molecule has 0 atom stereocenters. The fraction of sp³-hybridized carbons (Fsp3) is 0.200. The van der Waals surface area contributed by atoms with Crippen molar-refractivity contribution in [3.05, 3.63) is 54.2 Å². The Morgan fingerprint density at radius 3 is 2.84 bits per heavy atom. The molecule has 96 valence electrons.